The molecule has 30 heavy (non-hydrogen) atoms. The zero-order valence-corrected chi connectivity index (χ0v) is 18.0. The molecule has 2 N–H and O–H groups in total. The Hall–Kier alpha value is -2.42. The average Bonchev–Trinajstić information content (AvgIpc) is 2.75. The molecule has 1 aliphatic rings. The van der Waals surface area contributed by atoms with Crippen LogP contribution < -0.4 is 10.6 Å². The fraction of sp³-hybridized carbons (Fsp3) is 0.333. The molecule has 1 saturated heterocycles. The van der Waals surface area contributed by atoms with Crippen LogP contribution in [0.4, 0.5) is 5.69 Å². The molecule has 0 aromatic heterocycles. The number of carbonyl (C=O) groups excluding carboxylic acids is 2. The highest BCUT2D eigenvalue weighted by Crippen LogP contribution is 2.24. The maximum Gasteiger partial charge on any atom is 0.243 e. The van der Waals surface area contributed by atoms with Gasteiger partial charge >= 0.3 is 0 Å². The fourth-order valence-corrected chi connectivity index (χ4v) is 4.97. The van der Waals surface area contributed by atoms with Crippen LogP contribution in [0.15, 0.2) is 59.5 Å². The molecule has 7 nitrogen and oxygen atoms in total. The summed E-state index contributed by atoms with van der Waals surface area (Å²) in [5, 5.41) is 5.97. The number of para-hydroxylation sites is 1. The van der Waals surface area contributed by atoms with E-state index in [4.69, 9.17) is 11.6 Å². The second-order valence-corrected chi connectivity index (χ2v) is 9.49. The van der Waals surface area contributed by atoms with Crippen molar-refractivity contribution in [3.8, 4) is 0 Å². The van der Waals surface area contributed by atoms with Crippen LogP contribution in [0.2, 0.25) is 5.02 Å². The zero-order chi connectivity index (χ0) is 21.6. The third-order valence-electron chi connectivity index (χ3n) is 4.92. The number of anilines is 1. The summed E-state index contributed by atoms with van der Waals surface area (Å²) in [7, 11) is -3.68. The van der Waals surface area contributed by atoms with Crippen molar-refractivity contribution in [3.63, 3.8) is 0 Å². The lowest BCUT2D eigenvalue weighted by Crippen LogP contribution is -2.45. The number of nitrogens with one attached hydrogen (secondary N) is 2. The lowest BCUT2D eigenvalue weighted by Gasteiger charge is -2.31. The van der Waals surface area contributed by atoms with Crippen LogP contribution in [-0.4, -0.2) is 44.2 Å². The quantitative estimate of drug-likeness (QED) is 0.679. The van der Waals surface area contributed by atoms with Crippen LogP contribution in [0.1, 0.15) is 19.3 Å². The first-order valence-corrected chi connectivity index (χ1v) is 11.6. The van der Waals surface area contributed by atoms with Crippen molar-refractivity contribution in [2.75, 3.05) is 25.0 Å². The van der Waals surface area contributed by atoms with E-state index >= 15 is 0 Å². The molecule has 9 heteroatoms. The summed E-state index contributed by atoms with van der Waals surface area (Å²) in [5.74, 6) is -0.881. The molecule has 0 spiro atoms. The molecule has 0 radical (unpaired) electrons. The highest BCUT2D eigenvalue weighted by molar-refractivity contribution is 7.89. The largest absolute Gasteiger partial charge is 0.355 e. The van der Waals surface area contributed by atoms with Gasteiger partial charge in [-0.15, -0.1) is 0 Å². The minimum atomic E-state index is -3.68. The van der Waals surface area contributed by atoms with Gasteiger partial charge in [0.15, 0.2) is 0 Å². The van der Waals surface area contributed by atoms with Gasteiger partial charge in [-0.2, -0.15) is 4.31 Å². The third kappa shape index (κ3) is 5.81. The van der Waals surface area contributed by atoms with Crippen LogP contribution >= 0.6 is 11.6 Å². The molecular formula is C21H24ClN3O4S. The van der Waals surface area contributed by atoms with E-state index in [9.17, 15) is 18.0 Å². The van der Waals surface area contributed by atoms with Crippen molar-refractivity contribution in [2.45, 2.75) is 24.2 Å². The first-order chi connectivity index (χ1) is 14.4. The first kappa shape index (κ1) is 22.3. The van der Waals surface area contributed by atoms with E-state index in [0.717, 1.165) is 0 Å². The molecule has 1 atom stereocenters. The van der Waals surface area contributed by atoms with E-state index in [1.54, 1.807) is 12.1 Å². The minimum Gasteiger partial charge on any atom is -0.355 e. The second kappa shape index (κ2) is 10.1. The van der Waals surface area contributed by atoms with Crippen molar-refractivity contribution in [3.05, 3.63) is 59.6 Å². The van der Waals surface area contributed by atoms with Gasteiger partial charge in [-0.25, -0.2) is 8.42 Å². The standard InChI is InChI=1S/C21H24ClN3O4S/c22-17-8-10-19(11-9-17)30(28,29)25-14-4-5-16(15-25)21(27)23-13-12-20(26)24-18-6-2-1-3-7-18/h1-3,6-11,16H,4-5,12-15H2,(H,23,27)(H,24,26). The van der Waals surface area contributed by atoms with E-state index in [-0.39, 0.29) is 36.2 Å². The summed E-state index contributed by atoms with van der Waals surface area (Å²) in [5.41, 5.74) is 0.698. The molecule has 1 aliphatic heterocycles. The number of benzene rings is 2. The number of sulfonamides is 1. The Balaban J connectivity index is 1.50. The monoisotopic (exact) mass is 449 g/mol. The van der Waals surface area contributed by atoms with Crippen LogP contribution in [0.25, 0.3) is 0 Å². The Morgan fingerprint density at radius 3 is 2.47 bits per heavy atom. The topological polar surface area (TPSA) is 95.6 Å². The third-order valence-corrected chi connectivity index (χ3v) is 7.05. The van der Waals surface area contributed by atoms with Gasteiger partial charge in [-0.3, -0.25) is 9.59 Å². The molecule has 0 bridgehead atoms. The predicted octanol–water partition coefficient (Wildman–Crippen LogP) is 2.89. The second-order valence-electron chi connectivity index (χ2n) is 7.11. The van der Waals surface area contributed by atoms with Crippen LogP contribution in [0.3, 0.4) is 0 Å². The zero-order valence-electron chi connectivity index (χ0n) is 16.4. The lowest BCUT2D eigenvalue weighted by molar-refractivity contribution is -0.126. The molecule has 2 aromatic carbocycles. The van der Waals surface area contributed by atoms with Gasteiger partial charge in [0, 0.05) is 36.8 Å². The molecule has 1 unspecified atom stereocenters. The van der Waals surface area contributed by atoms with Gasteiger partial charge in [0.2, 0.25) is 21.8 Å². The van der Waals surface area contributed by atoms with Crippen molar-refractivity contribution in [1.82, 2.24) is 9.62 Å². The van der Waals surface area contributed by atoms with Gasteiger partial charge in [-0.05, 0) is 49.2 Å². The Morgan fingerprint density at radius 1 is 1.07 bits per heavy atom. The fourth-order valence-electron chi connectivity index (χ4n) is 3.32. The predicted molar refractivity (Wildman–Crippen MR) is 116 cm³/mol. The van der Waals surface area contributed by atoms with E-state index < -0.39 is 15.9 Å². The van der Waals surface area contributed by atoms with E-state index in [1.807, 2.05) is 18.2 Å². The minimum absolute atomic E-state index is 0.118. The van der Waals surface area contributed by atoms with Gasteiger partial charge in [0.05, 0.1) is 10.8 Å². The van der Waals surface area contributed by atoms with Gasteiger partial charge in [0.1, 0.15) is 0 Å². The molecule has 2 amide bonds. The molecule has 2 aromatic rings. The number of halogens is 1. The van der Waals surface area contributed by atoms with E-state index in [0.29, 0.717) is 30.1 Å². The van der Waals surface area contributed by atoms with E-state index in [1.165, 1.54) is 28.6 Å². The normalized spacial score (nSPS) is 17.3. The Labute approximate surface area is 181 Å². The Kier molecular flexibility index (Phi) is 7.47. The first-order valence-electron chi connectivity index (χ1n) is 9.74. The summed E-state index contributed by atoms with van der Waals surface area (Å²) in [4.78, 5) is 24.6. The number of carbonyl (C=O) groups is 2. The number of piperidine rings is 1. The van der Waals surface area contributed by atoms with Crippen LogP contribution in [0.5, 0.6) is 0 Å². The molecule has 1 heterocycles. The highest BCUT2D eigenvalue weighted by Gasteiger charge is 2.33. The van der Waals surface area contributed by atoms with Gasteiger partial charge in [-0.1, -0.05) is 29.8 Å². The van der Waals surface area contributed by atoms with Crippen molar-refractivity contribution >= 4 is 39.1 Å². The average molecular weight is 450 g/mol. The summed E-state index contributed by atoms with van der Waals surface area (Å²) in [6, 6.07) is 15.1. The number of hydrogen-bond acceptors (Lipinski definition) is 4. The van der Waals surface area contributed by atoms with Gasteiger partial charge in [0.25, 0.3) is 0 Å². The summed E-state index contributed by atoms with van der Waals surface area (Å²) >= 11 is 5.84. The SMILES string of the molecule is O=C(CCNC(=O)C1CCCN(S(=O)(=O)c2ccc(Cl)cc2)C1)Nc1ccccc1. The smallest absolute Gasteiger partial charge is 0.243 e. The Morgan fingerprint density at radius 2 is 1.77 bits per heavy atom. The molecule has 3 rings (SSSR count). The maximum atomic E-state index is 12.8. The van der Waals surface area contributed by atoms with E-state index in [2.05, 4.69) is 10.6 Å². The van der Waals surface area contributed by atoms with Crippen molar-refractivity contribution in [2.24, 2.45) is 5.92 Å². The number of rotatable bonds is 7. The summed E-state index contributed by atoms with van der Waals surface area (Å²) < 4.78 is 27.0. The van der Waals surface area contributed by atoms with Crippen LogP contribution in [-0.2, 0) is 19.6 Å². The molecule has 160 valence electrons. The highest BCUT2D eigenvalue weighted by atomic mass is 35.5. The van der Waals surface area contributed by atoms with Crippen molar-refractivity contribution in [1.29, 1.82) is 0 Å². The molecular weight excluding hydrogens is 426 g/mol. The maximum absolute atomic E-state index is 12.8. The molecule has 0 aliphatic carbocycles. The van der Waals surface area contributed by atoms with Crippen molar-refractivity contribution < 1.29 is 18.0 Å². The number of hydrogen-bond donors (Lipinski definition) is 2. The molecule has 1 fully saturated rings. The Bertz CT molecular complexity index is 981. The number of nitrogens with zero attached hydrogens (tertiary/aromatic N) is 1. The van der Waals surface area contributed by atoms with Crippen LogP contribution in [0, 0.1) is 5.92 Å². The lowest BCUT2D eigenvalue weighted by atomic mass is 9.99. The summed E-state index contributed by atoms with van der Waals surface area (Å²) in [6.07, 6.45) is 1.34. The summed E-state index contributed by atoms with van der Waals surface area (Å²) in [6.45, 7) is 0.680. The number of amides is 2. The van der Waals surface area contributed by atoms with Gasteiger partial charge < -0.3 is 10.6 Å². The molecule has 0 saturated carbocycles.